The third-order valence-corrected chi connectivity index (χ3v) is 4.03. The van der Waals surface area contributed by atoms with Crippen LogP contribution in [0.5, 0.6) is 11.6 Å². The number of aryl methyl sites for hydroxylation is 1. The molecule has 0 spiro atoms. The summed E-state index contributed by atoms with van der Waals surface area (Å²) in [5, 5.41) is 14.5. The second kappa shape index (κ2) is 7.27. The van der Waals surface area contributed by atoms with Gasteiger partial charge in [0.25, 0.3) is 0 Å². The predicted octanol–water partition coefficient (Wildman–Crippen LogP) is 4.99. The van der Waals surface area contributed by atoms with Crippen LogP contribution in [-0.4, -0.2) is 14.9 Å². The Bertz CT molecular complexity index is 916. The number of nitrogens with zero attached hydrogens (tertiary/aromatic N) is 3. The maximum atomic E-state index is 11.6. The Labute approximate surface area is 152 Å². The largest absolute Gasteiger partial charge is 0.434 e. The summed E-state index contributed by atoms with van der Waals surface area (Å²) in [5.74, 6) is 0.381. The number of hydrogen-bond acceptors (Lipinski definition) is 6. The van der Waals surface area contributed by atoms with E-state index in [1.807, 2.05) is 37.3 Å². The van der Waals surface area contributed by atoms with Crippen molar-refractivity contribution < 1.29 is 9.66 Å². The summed E-state index contributed by atoms with van der Waals surface area (Å²) in [7, 11) is 0. The first-order valence-corrected chi connectivity index (χ1v) is 8.09. The molecule has 126 valence electrons. The van der Waals surface area contributed by atoms with E-state index < -0.39 is 4.92 Å². The third-order valence-electron chi connectivity index (χ3n) is 3.33. The first kappa shape index (κ1) is 16.8. The molecule has 1 heterocycles. The molecule has 1 aromatic heterocycles. The highest BCUT2D eigenvalue weighted by atomic mass is 79.9. The quantitative estimate of drug-likeness (QED) is 0.479. The fourth-order valence-corrected chi connectivity index (χ4v) is 2.49. The Morgan fingerprint density at radius 3 is 2.52 bits per heavy atom. The number of ether oxygens (including phenoxy) is 1. The summed E-state index contributed by atoms with van der Waals surface area (Å²) >= 11 is 3.39. The van der Waals surface area contributed by atoms with Crippen LogP contribution in [0.1, 0.15) is 5.56 Å². The van der Waals surface area contributed by atoms with Crippen LogP contribution < -0.4 is 10.1 Å². The molecule has 8 heteroatoms. The average molecular weight is 401 g/mol. The second-order valence-corrected chi connectivity index (χ2v) is 6.01. The number of aromatic nitrogens is 2. The van der Waals surface area contributed by atoms with Crippen LogP contribution in [0.3, 0.4) is 0 Å². The van der Waals surface area contributed by atoms with Crippen molar-refractivity contribution >= 4 is 33.1 Å². The monoisotopic (exact) mass is 400 g/mol. The van der Waals surface area contributed by atoms with Gasteiger partial charge in [-0.15, -0.1) is 0 Å². The molecule has 0 bridgehead atoms. The summed E-state index contributed by atoms with van der Waals surface area (Å²) < 4.78 is 6.34. The lowest BCUT2D eigenvalue weighted by atomic mass is 10.2. The van der Waals surface area contributed by atoms with Crippen molar-refractivity contribution in [3.63, 3.8) is 0 Å². The summed E-state index contributed by atoms with van der Waals surface area (Å²) in [6, 6.07) is 14.4. The molecule has 0 amide bonds. The Morgan fingerprint density at radius 1 is 1.12 bits per heavy atom. The van der Waals surface area contributed by atoms with Crippen LogP contribution in [0.2, 0.25) is 0 Å². The first-order chi connectivity index (χ1) is 12.0. The highest BCUT2D eigenvalue weighted by molar-refractivity contribution is 9.10. The van der Waals surface area contributed by atoms with Gasteiger partial charge in [-0.2, -0.15) is 4.98 Å². The van der Waals surface area contributed by atoms with Crippen molar-refractivity contribution in [1.29, 1.82) is 0 Å². The van der Waals surface area contributed by atoms with Crippen molar-refractivity contribution in [2.24, 2.45) is 0 Å². The first-order valence-electron chi connectivity index (χ1n) is 7.30. The number of halogens is 1. The Kier molecular flexibility index (Phi) is 4.90. The molecule has 0 aliphatic rings. The molecule has 0 radical (unpaired) electrons. The fourth-order valence-electron chi connectivity index (χ4n) is 2.10. The van der Waals surface area contributed by atoms with Crippen molar-refractivity contribution in [3.8, 4) is 11.6 Å². The van der Waals surface area contributed by atoms with Gasteiger partial charge in [0.05, 0.1) is 10.6 Å². The van der Waals surface area contributed by atoms with Crippen LogP contribution >= 0.6 is 15.9 Å². The molecule has 7 nitrogen and oxygen atoms in total. The smallest absolute Gasteiger partial charge is 0.373 e. The van der Waals surface area contributed by atoms with E-state index in [2.05, 4.69) is 31.2 Å². The zero-order chi connectivity index (χ0) is 17.8. The van der Waals surface area contributed by atoms with E-state index in [9.17, 15) is 10.1 Å². The Hall–Kier alpha value is -3.00. The molecular weight excluding hydrogens is 388 g/mol. The molecule has 0 unspecified atom stereocenters. The van der Waals surface area contributed by atoms with E-state index in [0.29, 0.717) is 11.4 Å². The van der Waals surface area contributed by atoms with Gasteiger partial charge in [-0.3, -0.25) is 10.1 Å². The van der Waals surface area contributed by atoms with E-state index >= 15 is 0 Å². The van der Waals surface area contributed by atoms with Gasteiger partial charge in [0, 0.05) is 4.47 Å². The van der Waals surface area contributed by atoms with E-state index in [4.69, 9.17) is 4.74 Å². The van der Waals surface area contributed by atoms with Gasteiger partial charge in [0.1, 0.15) is 12.1 Å². The minimum atomic E-state index is -0.567. The van der Waals surface area contributed by atoms with Gasteiger partial charge in [0.15, 0.2) is 0 Å². The molecule has 0 aliphatic carbocycles. The SMILES string of the molecule is Cc1ccc(Oc2ncnc(Nc3ccccc3Br)c2[N+](=O)[O-])cc1. The van der Waals surface area contributed by atoms with Gasteiger partial charge in [-0.25, -0.2) is 4.98 Å². The van der Waals surface area contributed by atoms with E-state index in [1.165, 1.54) is 6.33 Å². The molecular formula is C17H13BrN4O3. The molecule has 1 N–H and O–H groups in total. The lowest BCUT2D eigenvalue weighted by molar-refractivity contribution is -0.385. The number of para-hydroxylation sites is 1. The number of benzene rings is 2. The van der Waals surface area contributed by atoms with Crippen molar-refractivity contribution in [2.75, 3.05) is 5.32 Å². The van der Waals surface area contributed by atoms with Crippen LogP contribution in [0.4, 0.5) is 17.2 Å². The summed E-state index contributed by atoms with van der Waals surface area (Å²) in [4.78, 5) is 18.9. The zero-order valence-corrected chi connectivity index (χ0v) is 14.7. The molecule has 3 aromatic rings. The van der Waals surface area contributed by atoms with Gasteiger partial charge in [-0.05, 0) is 47.1 Å². The molecule has 0 saturated carbocycles. The van der Waals surface area contributed by atoms with E-state index in [-0.39, 0.29) is 17.4 Å². The second-order valence-electron chi connectivity index (χ2n) is 5.15. The molecule has 25 heavy (non-hydrogen) atoms. The lowest BCUT2D eigenvalue weighted by Crippen LogP contribution is -2.03. The summed E-state index contributed by atoms with van der Waals surface area (Å²) in [6.45, 7) is 1.94. The lowest BCUT2D eigenvalue weighted by Gasteiger charge is -2.10. The standard InChI is InChI=1S/C17H13BrN4O3/c1-11-6-8-12(9-7-11)25-17-15(22(23)24)16(19-10-20-17)21-14-5-3-2-4-13(14)18/h2-10H,1H3,(H,19,20,21). The van der Waals surface area contributed by atoms with Gasteiger partial charge >= 0.3 is 11.6 Å². The van der Waals surface area contributed by atoms with E-state index in [0.717, 1.165) is 10.0 Å². The predicted molar refractivity (Wildman–Crippen MR) is 97.4 cm³/mol. The highest BCUT2D eigenvalue weighted by Gasteiger charge is 2.25. The maximum absolute atomic E-state index is 11.6. The number of anilines is 2. The number of hydrogen-bond donors (Lipinski definition) is 1. The molecule has 0 atom stereocenters. The van der Waals surface area contributed by atoms with Gasteiger partial charge in [0.2, 0.25) is 5.82 Å². The number of rotatable bonds is 5. The molecule has 0 fully saturated rings. The third kappa shape index (κ3) is 3.92. The zero-order valence-electron chi connectivity index (χ0n) is 13.1. The Morgan fingerprint density at radius 2 is 1.84 bits per heavy atom. The number of nitrogens with one attached hydrogen (secondary N) is 1. The minimum Gasteiger partial charge on any atom is -0.434 e. The van der Waals surface area contributed by atoms with Crippen molar-refractivity contribution in [2.45, 2.75) is 6.92 Å². The van der Waals surface area contributed by atoms with Crippen LogP contribution in [0.25, 0.3) is 0 Å². The van der Waals surface area contributed by atoms with Gasteiger partial charge < -0.3 is 10.1 Å². The highest BCUT2D eigenvalue weighted by Crippen LogP contribution is 2.36. The maximum Gasteiger partial charge on any atom is 0.373 e. The van der Waals surface area contributed by atoms with Crippen LogP contribution in [0, 0.1) is 17.0 Å². The van der Waals surface area contributed by atoms with Crippen molar-refractivity contribution in [3.05, 3.63) is 75.0 Å². The molecule has 0 saturated heterocycles. The van der Waals surface area contributed by atoms with Crippen LogP contribution in [0.15, 0.2) is 59.3 Å². The Balaban J connectivity index is 1.98. The van der Waals surface area contributed by atoms with Crippen LogP contribution in [-0.2, 0) is 0 Å². The van der Waals surface area contributed by atoms with E-state index in [1.54, 1.807) is 18.2 Å². The topological polar surface area (TPSA) is 90.2 Å². The summed E-state index contributed by atoms with van der Waals surface area (Å²) in [6.07, 6.45) is 1.22. The minimum absolute atomic E-state index is 0.0500. The normalized spacial score (nSPS) is 10.3. The average Bonchev–Trinajstić information content (AvgIpc) is 2.59. The fraction of sp³-hybridized carbons (Fsp3) is 0.0588. The summed E-state index contributed by atoms with van der Waals surface area (Å²) in [5.41, 5.74) is 1.37. The number of nitro groups is 1. The molecule has 2 aromatic carbocycles. The van der Waals surface area contributed by atoms with Gasteiger partial charge in [-0.1, -0.05) is 29.8 Å². The molecule has 0 aliphatic heterocycles. The molecule has 3 rings (SSSR count). The van der Waals surface area contributed by atoms with Crippen molar-refractivity contribution in [1.82, 2.24) is 9.97 Å².